The van der Waals surface area contributed by atoms with Gasteiger partial charge in [0.25, 0.3) is 11.8 Å². The smallest absolute Gasteiger partial charge is 0.258 e. The van der Waals surface area contributed by atoms with Crippen molar-refractivity contribution in [1.29, 1.82) is 0 Å². The van der Waals surface area contributed by atoms with Crippen molar-refractivity contribution < 1.29 is 9.59 Å². The van der Waals surface area contributed by atoms with Gasteiger partial charge < -0.3 is 15.5 Å². The molecule has 5 heteroatoms. The summed E-state index contributed by atoms with van der Waals surface area (Å²) in [4.78, 5) is 28.8. The number of carbonyl (C=O) groups is 2. The van der Waals surface area contributed by atoms with E-state index in [0.717, 1.165) is 18.7 Å². The molecule has 1 atom stereocenters. The average Bonchev–Trinajstić information content (AvgIpc) is 3.16. The second-order valence-electron chi connectivity index (χ2n) is 6.42. The maximum Gasteiger partial charge on any atom is 0.258 e. The van der Waals surface area contributed by atoms with Gasteiger partial charge in [0, 0.05) is 37.0 Å². The number of anilines is 1. The Morgan fingerprint density at radius 3 is 2.52 bits per heavy atom. The molecule has 1 aliphatic rings. The van der Waals surface area contributed by atoms with Crippen molar-refractivity contribution in [3.8, 4) is 0 Å². The fourth-order valence-corrected chi connectivity index (χ4v) is 3.14. The number of nitrogens with zero attached hydrogens (tertiary/aromatic N) is 2. The van der Waals surface area contributed by atoms with Crippen molar-refractivity contribution in [2.75, 3.05) is 31.6 Å². The van der Waals surface area contributed by atoms with E-state index < -0.39 is 0 Å². The second kappa shape index (κ2) is 7.49. The van der Waals surface area contributed by atoms with Crippen molar-refractivity contribution in [3.05, 3.63) is 65.7 Å². The summed E-state index contributed by atoms with van der Waals surface area (Å²) in [6, 6.07) is 16.4. The van der Waals surface area contributed by atoms with Crippen LogP contribution in [0.2, 0.25) is 0 Å². The van der Waals surface area contributed by atoms with Crippen LogP contribution in [0.3, 0.4) is 0 Å². The Morgan fingerprint density at radius 1 is 1.12 bits per heavy atom. The number of nitrogens with two attached hydrogens (primary N) is 1. The van der Waals surface area contributed by atoms with Crippen LogP contribution in [0.4, 0.5) is 5.69 Å². The average molecular weight is 337 g/mol. The molecule has 1 aliphatic heterocycles. The van der Waals surface area contributed by atoms with Crippen molar-refractivity contribution in [3.63, 3.8) is 0 Å². The third-order valence-electron chi connectivity index (χ3n) is 4.71. The summed E-state index contributed by atoms with van der Waals surface area (Å²) < 4.78 is 0. The lowest BCUT2D eigenvalue weighted by atomic mass is 10.1. The molecule has 1 fully saturated rings. The Kier molecular flexibility index (Phi) is 5.14. The lowest BCUT2D eigenvalue weighted by Gasteiger charge is -2.19. The van der Waals surface area contributed by atoms with Gasteiger partial charge in [0.1, 0.15) is 0 Å². The van der Waals surface area contributed by atoms with E-state index in [4.69, 9.17) is 5.73 Å². The van der Waals surface area contributed by atoms with Crippen LogP contribution >= 0.6 is 0 Å². The van der Waals surface area contributed by atoms with E-state index in [1.807, 2.05) is 35.2 Å². The predicted molar refractivity (Wildman–Crippen MR) is 98.7 cm³/mol. The molecule has 0 saturated carbocycles. The summed E-state index contributed by atoms with van der Waals surface area (Å²) in [6.07, 6.45) is 0.942. The van der Waals surface area contributed by atoms with Gasteiger partial charge in [-0.1, -0.05) is 24.3 Å². The molecule has 0 spiro atoms. The number of hydrogen-bond donors (Lipinski definition) is 1. The molecule has 25 heavy (non-hydrogen) atoms. The maximum absolute atomic E-state index is 12.7. The Bertz CT molecular complexity index is 761. The molecule has 0 bridgehead atoms. The maximum atomic E-state index is 12.7. The minimum Gasteiger partial charge on any atom is -0.338 e. The van der Waals surface area contributed by atoms with Crippen LogP contribution in [0, 0.1) is 5.92 Å². The van der Waals surface area contributed by atoms with Crippen LogP contribution in [0.25, 0.3) is 0 Å². The fourth-order valence-electron chi connectivity index (χ4n) is 3.14. The van der Waals surface area contributed by atoms with E-state index >= 15 is 0 Å². The highest BCUT2D eigenvalue weighted by molar-refractivity contribution is 6.07. The molecule has 130 valence electrons. The summed E-state index contributed by atoms with van der Waals surface area (Å²) in [5.74, 6) is 0.202. The van der Waals surface area contributed by atoms with Crippen LogP contribution in [0.15, 0.2) is 54.6 Å². The molecule has 0 aliphatic carbocycles. The first-order chi connectivity index (χ1) is 12.1. The molecular formula is C20H23N3O2. The zero-order valence-corrected chi connectivity index (χ0v) is 14.4. The quantitative estimate of drug-likeness (QED) is 0.931. The number of hydrogen-bond acceptors (Lipinski definition) is 3. The number of para-hydroxylation sites is 1. The van der Waals surface area contributed by atoms with Crippen LogP contribution < -0.4 is 10.6 Å². The Labute approximate surface area is 148 Å². The van der Waals surface area contributed by atoms with E-state index in [9.17, 15) is 9.59 Å². The van der Waals surface area contributed by atoms with E-state index in [-0.39, 0.29) is 11.8 Å². The van der Waals surface area contributed by atoms with E-state index in [1.54, 1.807) is 36.2 Å². The van der Waals surface area contributed by atoms with Crippen molar-refractivity contribution >= 4 is 17.5 Å². The Hall–Kier alpha value is -2.66. The number of amides is 2. The molecule has 2 aromatic carbocycles. The van der Waals surface area contributed by atoms with E-state index in [0.29, 0.717) is 30.1 Å². The molecule has 5 nitrogen and oxygen atoms in total. The summed E-state index contributed by atoms with van der Waals surface area (Å²) in [5, 5.41) is 0. The molecule has 1 unspecified atom stereocenters. The minimum atomic E-state index is -0.137. The molecule has 1 saturated heterocycles. The third-order valence-corrected chi connectivity index (χ3v) is 4.71. The van der Waals surface area contributed by atoms with Crippen molar-refractivity contribution in [2.45, 2.75) is 6.42 Å². The van der Waals surface area contributed by atoms with Crippen LogP contribution in [0.1, 0.15) is 27.1 Å². The largest absolute Gasteiger partial charge is 0.338 e. The Balaban J connectivity index is 1.77. The van der Waals surface area contributed by atoms with Gasteiger partial charge >= 0.3 is 0 Å². The summed E-state index contributed by atoms with van der Waals surface area (Å²) in [6.45, 7) is 2.02. The van der Waals surface area contributed by atoms with Gasteiger partial charge in [0.2, 0.25) is 0 Å². The molecular weight excluding hydrogens is 314 g/mol. The SMILES string of the molecule is CN(C(=O)c1cccc(C(=O)N2CCC(CN)C2)c1)c1ccccc1. The Morgan fingerprint density at radius 2 is 1.84 bits per heavy atom. The molecule has 0 aromatic heterocycles. The second-order valence-corrected chi connectivity index (χ2v) is 6.42. The standard InChI is InChI=1S/C20H23N3O2/c1-22(18-8-3-2-4-9-18)19(24)16-6-5-7-17(12-16)20(25)23-11-10-15(13-21)14-23/h2-9,12,15H,10-11,13-14,21H2,1H3. The zero-order chi connectivity index (χ0) is 17.8. The number of benzene rings is 2. The molecule has 2 N–H and O–H groups in total. The van der Waals surface area contributed by atoms with Crippen molar-refractivity contribution in [1.82, 2.24) is 4.90 Å². The van der Waals surface area contributed by atoms with E-state index in [1.165, 1.54) is 0 Å². The molecule has 3 rings (SSSR count). The predicted octanol–water partition coefficient (Wildman–Crippen LogP) is 2.38. The minimum absolute atomic E-state index is 0.0343. The lowest BCUT2D eigenvalue weighted by molar-refractivity contribution is 0.0787. The van der Waals surface area contributed by atoms with Crippen LogP contribution in [-0.2, 0) is 0 Å². The fraction of sp³-hybridized carbons (Fsp3) is 0.300. The third kappa shape index (κ3) is 3.72. The highest BCUT2D eigenvalue weighted by atomic mass is 16.2. The highest BCUT2D eigenvalue weighted by Gasteiger charge is 2.26. The number of rotatable bonds is 4. The highest BCUT2D eigenvalue weighted by Crippen LogP contribution is 2.20. The normalized spacial score (nSPS) is 16.7. The topological polar surface area (TPSA) is 66.6 Å². The van der Waals surface area contributed by atoms with Gasteiger partial charge in [-0.05, 0) is 49.2 Å². The van der Waals surface area contributed by atoms with Crippen LogP contribution in [-0.4, -0.2) is 43.4 Å². The lowest BCUT2D eigenvalue weighted by Crippen LogP contribution is -2.30. The van der Waals surface area contributed by atoms with Gasteiger partial charge in [-0.15, -0.1) is 0 Å². The van der Waals surface area contributed by atoms with Crippen LogP contribution in [0.5, 0.6) is 0 Å². The van der Waals surface area contributed by atoms with Gasteiger partial charge in [-0.25, -0.2) is 0 Å². The van der Waals surface area contributed by atoms with Gasteiger partial charge in [-0.3, -0.25) is 9.59 Å². The summed E-state index contributed by atoms with van der Waals surface area (Å²) >= 11 is 0. The summed E-state index contributed by atoms with van der Waals surface area (Å²) in [5.41, 5.74) is 7.57. The number of likely N-dealkylation sites (tertiary alicyclic amines) is 1. The first kappa shape index (κ1) is 17.2. The van der Waals surface area contributed by atoms with Gasteiger partial charge in [-0.2, -0.15) is 0 Å². The molecule has 0 radical (unpaired) electrons. The van der Waals surface area contributed by atoms with E-state index in [2.05, 4.69) is 0 Å². The van der Waals surface area contributed by atoms with Gasteiger partial charge in [0.05, 0.1) is 0 Å². The van der Waals surface area contributed by atoms with Crippen molar-refractivity contribution in [2.24, 2.45) is 11.7 Å². The first-order valence-electron chi connectivity index (χ1n) is 8.52. The van der Waals surface area contributed by atoms with Gasteiger partial charge in [0.15, 0.2) is 0 Å². The first-order valence-corrected chi connectivity index (χ1v) is 8.52. The molecule has 2 amide bonds. The monoisotopic (exact) mass is 337 g/mol. The number of carbonyl (C=O) groups excluding carboxylic acids is 2. The molecule has 1 heterocycles. The summed E-state index contributed by atoms with van der Waals surface area (Å²) in [7, 11) is 1.73. The zero-order valence-electron chi connectivity index (χ0n) is 14.4. The molecule has 2 aromatic rings.